The van der Waals surface area contributed by atoms with Gasteiger partial charge in [-0.3, -0.25) is 9.89 Å². The van der Waals surface area contributed by atoms with Crippen LogP contribution in [0.1, 0.15) is 46.3 Å². The second-order valence-corrected chi connectivity index (χ2v) is 5.46. The molecular formula is C15H19N3O2. The average molecular weight is 273 g/mol. The highest BCUT2D eigenvalue weighted by atomic mass is 16.3. The molecule has 0 aliphatic carbocycles. The number of furan rings is 1. The molecule has 0 spiro atoms. The Bertz CT molecular complexity index is 614. The molecular weight excluding hydrogens is 254 g/mol. The van der Waals surface area contributed by atoms with Gasteiger partial charge in [0.15, 0.2) is 0 Å². The molecule has 0 radical (unpaired) electrons. The van der Waals surface area contributed by atoms with Crippen LogP contribution in [0.2, 0.25) is 0 Å². The predicted octanol–water partition coefficient (Wildman–Crippen LogP) is 2.64. The van der Waals surface area contributed by atoms with E-state index in [0.717, 1.165) is 37.3 Å². The summed E-state index contributed by atoms with van der Waals surface area (Å²) in [6.07, 6.45) is 3.67. The zero-order valence-electron chi connectivity index (χ0n) is 11.8. The lowest BCUT2D eigenvalue weighted by Gasteiger charge is -2.31. The number of carbonyl (C=O) groups is 1. The lowest BCUT2D eigenvalue weighted by molar-refractivity contribution is 0.0704. The summed E-state index contributed by atoms with van der Waals surface area (Å²) in [6, 6.07) is 3.82. The maximum Gasteiger partial charge on any atom is 0.257 e. The lowest BCUT2D eigenvalue weighted by Crippen LogP contribution is -2.39. The number of H-pyrrole nitrogens is 1. The molecule has 2 aromatic heterocycles. The van der Waals surface area contributed by atoms with E-state index in [1.807, 2.05) is 18.7 Å². The summed E-state index contributed by atoms with van der Waals surface area (Å²) >= 11 is 0. The fraction of sp³-hybridized carbons (Fsp3) is 0.467. The van der Waals surface area contributed by atoms with Crippen LogP contribution in [0.25, 0.3) is 0 Å². The van der Waals surface area contributed by atoms with Crippen molar-refractivity contribution in [3.05, 3.63) is 41.1 Å². The summed E-state index contributed by atoms with van der Waals surface area (Å²) in [5.41, 5.74) is 2.79. The Labute approximate surface area is 118 Å². The van der Waals surface area contributed by atoms with Crippen molar-refractivity contribution < 1.29 is 9.21 Å². The summed E-state index contributed by atoms with van der Waals surface area (Å²) in [5.74, 6) is 1.07. The highest BCUT2D eigenvalue weighted by molar-refractivity contribution is 5.95. The number of aryl methyl sites for hydroxylation is 2. The average Bonchev–Trinajstić information content (AvgIpc) is 3.07. The Balaban J connectivity index is 1.75. The Hall–Kier alpha value is -2.04. The van der Waals surface area contributed by atoms with E-state index in [1.54, 1.807) is 12.3 Å². The molecule has 1 saturated heterocycles. The van der Waals surface area contributed by atoms with Crippen LogP contribution in [0.5, 0.6) is 0 Å². The molecule has 0 aromatic carbocycles. The third kappa shape index (κ3) is 2.35. The largest absolute Gasteiger partial charge is 0.469 e. The van der Waals surface area contributed by atoms with Gasteiger partial charge in [-0.15, -0.1) is 0 Å². The number of piperidine rings is 1. The molecule has 1 N–H and O–H groups in total. The van der Waals surface area contributed by atoms with Gasteiger partial charge in [-0.2, -0.15) is 5.10 Å². The quantitative estimate of drug-likeness (QED) is 0.915. The van der Waals surface area contributed by atoms with Crippen LogP contribution in [0.4, 0.5) is 0 Å². The van der Waals surface area contributed by atoms with Gasteiger partial charge < -0.3 is 9.32 Å². The molecule has 1 atom stereocenters. The number of rotatable bonds is 2. The maximum absolute atomic E-state index is 12.5. The number of nitrogens with zero attached hydrogens (tertiary/aromatic N) is 2. The minimum Gasteiger partial charge on any atom is -0.469 e. The summed E-state index contributed by atoms with van der Waals surface area (Å²) in [5, 5.41) is 7.31. The fourth-order valence-electron chi connectivity index (χ4n) is 2.83. The monoisotopic (exact) mass is 273 g/mol. The molecule has 0 unspecified atom stereocenters. The van der Waals surface area contributed by atoms with Gasteiger partial charge in [0.1, 0.15) is 5.76 Å². The van der Waals surface area contributed by atoms with Crippen molar-refractivity contribution in [2.45, 2.75) is 32.6 Å². The Morgan fingerprint density at radius 1 is 1.50 bits per heavy atom. The van der Waals surface area contributed by atoms with Gasteiger partial charge in [-0.1, -0.05) is 0 Å². The molecule has 5 nitrogen and oxygen atoms in total. The number of carbonyl (C=O) groups excluding carboxylic acids is 1. The summed E-state index contributed by atoms with van der Waals surface area (Å²) in [4.78, 5) is 14.4. The van der Waals surface area contributed by atoms with Crippen LogP contribution in [0.3, 0.4) is 0 Å². The number of hydrogen-bond acceptors (Lipinski definition) is 3. The van der Waals surface area contributed by atoms with Crippen LogP contribution >= 0.6 is 0 Å². The number of amides is 1. The molecule has 3 rings (SSSR count). The maximum atomic E-state index is 12.5. The first kappa shape index (κ1) is 13.0. The van der Waals surface area contributed by atoms with Gasteiger partial charge >= 0.3 is 0 Å². The molecule has 1 aliphatic rings. The fourth-order valence-corrected chi connectivity index (χ4v) is 2.83. The number of likely N-dealkylation sites (tertiary alicyclic amines) is 1. The van der Waals surface area contributed by atoms with Gasteiger partial charge in [0.2, 0.25) is 0 Å². The number of aromatic amines is 1. The summed E-state index contributed by atoms with van der Waals surface area (Å²) in [7, 11) is 0. The molecule has 3 heterocycles. The SMILES string of the molecule is Cc1cc([C@H]2CCCN(C(=O)c3ccoc3C)C2)n[nH]1. The molecule has 2 aromatic rings. The molecule has 1 amide bonds. The van der Waals surface area contributed by atoms with Gasteiger partial charge in [0, 0.05) is 24.7 Å². The molecule has 1 aliphatic heterocycles. The van der Waals surface area contributed by atoms with Crippen molar-refractivity contribution in [1.82, 2.24) is 15.1 Å². The number of aromatic nitrogens is 2. The van der Waals surface area contributed by atoms with E-state index in [2.05, 4.69) is 16.3 Å². The van der Waals surface area contributed by atoms with Gasteiger partial charge in [-0.05, 0) is 38.8 Å². The topological polar surface area (TPSA) is 62.1 Å². The molecule has 106 valence electrons. The number of hydrogen-bond donors (Lipinski definition) is 1. The number of nitrogens with one attached hydrogen (secondary N) is 1. The first-order valence-corrected chi connectivity index (χ1v) is 7.00. The highest BCUT2D eigenvalue weighted by Crippen LogP contribution is 2.27. The zero-order chi connectivity index (χ0) is 14.1. The van der Waals surface area contributed by atoms with Crippen LogP contribution in [-0.4, -0.2) is 34.1 Å². The zero-order valence-corrected chi connectivity index (χ0v) is 11.8. The van der Waals surface area contributed by atoms with E-state index >= 15 is 0 Å². The van der Waals surface area contributed by atoms with E-state index < -0.39 is 0 Å². The van der Waals surface area contributed by atoms with E-state index in [-0.39, 0.29) is 5.91 Å². The lowest BCUT2D eigenvalue weighted by atomic mass is 9.94. The first-order valence-electron chi connectivity index (χ1n) is 7.00. The summed E-state index contributed by atoms with van der Waals surface area (Å²) in [6.45, 7) is 5.36. The Morgan fingerprint density at radius 3 is 3.00 bits per heavy atom. The minimum absolute atomic E-state index is 0.0632. The standard InChI is InChI=1S/C15H19N3O2/c1-10-8-14(17-16-10)12-4-3-6-18(9-12)15(19)13-5-7-20-11(13)2/h5,7-8,12H,3-4,6,9H2,1-2H3,(H,16,17)/t12-/m0/s1. The molecule has 20 heavy (non-hydrogen) atoms. The Kier molecular flexibility index (Phi) is 3.34. The van der Waals surface area contributed by atoms with Crippen LogP contribution in [0, 0.1) is 13.8 Å². The highest BCUT2D eigenvalue weighted by Gasteiger charge is 2.28. The van der Waals surface area contributed by atoms with Crippen molar-refractivity contribution in [2.24, 2.45) is 0 Å². The third-order valence-electron chi connectivity index (χ3n) is 3.94. The molecule has 1 fully saturated rings. The third-order valence-corrected chi connectivity index (χ3v) is 3.94. The summed E-state index contributed by atoms with van der Waals surface area (Å²) < 4.78 is 5.23. The molecule has 0 saturated carbocycles. The molecule has 5 heteroatoms. The van der Waals surface area contributed by atoms with Gasteiger partial charge in [0.05, 0.1) is 17.5 Å². The van der Waals surface area contributed by atoms with Gasteiger partial charge in [-0.25, -0.2) is 0 Å². The Morgan fingerprint density at radius 2 is 2.35 bits per heavy atom. The van der Waals surface area contributed by atoms with Crippen LogP contribution < -0.4 is 0 Å². The van der Waals surface area contributed by atoms with E-state index in [0.29, 0.717) is 17.2 Å². The van der Waals surface area contributed by atoms with Crippen molar-refractivity contribution in [1.29, 1.82) is 0 Å². The van der Waals surface area contributed by atoms with Crippen LogP contribution in [-0.2, 0) is 0 Å². The van der Waals surface area contributed by atoms with Crippen molar-refractivity contribution in [2.75, 3.05) is 13.1 Å². The first-order chi connectivity index (χ1) is 9.65. The minimum atomic E-state index is 0.0632. The van der Waals surface area contributed by atoms with Crippen molar-refractivity contribution in [3.63, 3.8) is 0 Å². The normalized spacial score (nSPS) is 19.3. The molecule has 0 bridgehead atoms. The van der Waals surface area contributed by atoms with Crippen molar-refractivity contribution >= 4 is 5.91 Å². The predicted molar refractivity (Wildman–Crippen MR) is 74.6 cm³/mol. The second kappa shape index (κ2) is 5.15. The van der Waals surface area contributed by atoms with E-state index in [1.165, 1.54) is 0 Å². The smallest absolute Gasteiger partial charge is 0.257 e. The van der Waals surface area contributed by atoms with Crippen molar-refractivity contribution in [3.8, 4) is 0 Å². The van der Waals surface area contributed by atoms with E-state index in [4.69, 9.17) is 4.42 Å². The van der Waals surface area contributed by atoms with Gasteiger partial charge in [0.25, 0.3) is 5.91 Å². The van der Waals surface area contributed by atoms with E-state index in [9.17, 15) is 4.79 Å². The second-order valence-electron chi connectivity index (χ2n) is 5.46. The van der Waals surface area contributed by atoms with Crippen LogP contribution in [0.15, 0.2) is 22.8 Å².